The predicted molar refractivity (Wildman–Crippen MR) is 71.8 cm³/mol. The number of thiophene rings is 1. The zero-order valence-corrected chi connectivity index (χ0v) is 12.0. The van der Waals surface area contributed by atoms with E-state index < -0.39 is 17.7 Å². The van der Waals surface area contributed by atoms with Gasteiger partial charge < -0.3 is 5.11 Å². The standard InChI is InChI=1S/C13H11BrF2OS/c1-7-4-9(14)13(18-7)12(17)6-8-2-3-10(15)11(16)5-8/h2-5,12,17H,6H2,1H3. The number of halogens is 3. The van der Waals surface area contributed by atoms with Gasteiger partial charge in [0.1, 0.15) is 0 Å². The quantitative estimate of drug-likeness (QED) is 0.884. The molecule has 5 heteroatoms. The van der Waals surface area contributed by atoms with Crippen LogP contribution in [0, 0.1) is 18.6 Å². The van der Waals surface area contributed by atoms with E-state index in [0.29, 0.717) is 5.56 Å². The van der Waals surface area contributed by atoms with Gasteiger partial charge in [0.15, 0.2) is 11.6 Å². The smallest absolute Gasteiger partial charge is 0.159 e. The molecule has 0 spiro atoms. The van der Waals surface area contributed by atoms with Crippen molar-refractivity contribution in [2.45, 2.75) is 19.4 Å². The minimum atomic E-state index is -0.888. The van der Waals surface area contributed by atoms with Crippen LogP contribution in [-0.2, 0) is 6.42 Å². The van der Waals surface area contributed by atoms with Gasteiger partial charge in [-0.1, -0.05) is 6.07 Å². The Morgan fingerprint density at radius 2 is 2.00 bits per heavy atom. The second-order valence-corrected chi connectivity index (χ2v) is 6.18. The van der Waals surface area contributed by atoms with E-state index in [2.05, 4.69) is 15.9 Å². The van der Waals surface area contributed by atoms with Gasteiger partial charge in [-0.15, -0.1) is 11.3 Å². The third-order valence-corrected chi connectivity index (χ3v) is 4.62. The van der Waals surface area contributed by atoms with E-state index in [1.165, 1.54) is 17.4 Å². The fraction of sp³-hybridized carbons (Fsp3) is 0.231. The molecule has 2 rings (SSSR count). The fourth-order valence-electron chi connectivity index (χ4n) is 1.71. The van der Waals surface area contributed by atoms with E-state index in [0.717, 1.165) is 26.4 Å². The zero-order chi connectivity index (χ0) is 13.3. The second kappa shape index (κ2) is 5.47. The zero-order valence-electron chi connectivity index (χ0n) is 9.58. The molecular formula is C13H11BrF2OS. The van der Waals surface area contributed by atoms with Crippen molar-refractivity contribution in [3.8, 4) is 0 Å². The van der Waals surface area contributed by atoms with Crippen molar-refractivity contribution in [2.75, 3.05) is 0 Å². The van der Waals surface area contributed by atoms with Crippen LogP contribution in [0.5, 0.6) is 0 Å². The van der Waals surface area contributed by atoms with E-state index in [-0.39, 0.29) is 6.42 Å². The molecule has 1 nitrogen and oxygen atoms in total. The number of benzene rings is 1. The molecule has 1 heterocycles. The summed E-state index contributed by atoms with van der Waals surface area (Å²) in [6.45, 7) is 1.95. The molecule has 1 N–H and O–H groups in total. The molecule has 0 saturated heterocycles. The lowest BCUT2D eigenvalue weighted by Crippen LogP contribution is -2.01. The maximum atomic E-state index is 13.1. The molecule has 2 aromatic rings. The summed E-state index contributed by atoms with van der Waals surface area (Å²) in [6.07, 6.45) is -0.460. The van der Waals surface area contributed by atoms with Crippen LogP contribution in [0.2, 0.25) is 0 Å². The molecule has 0 aliphatic rings. The van der Waals surface area contributed by atoms with Crippen molar-refractivity contribution in [1.82, 2.24) is 0 Å². The predicted octanol–water partition coefficient (Wildman–Crippen LogP) is 4.37. The Hall–Kier alpha value is -0.780. The van der Waals surface area contributed by atoms with Gasteiger partial charge in [-0.2, -0.15) is 0 Å². The molecule has 0 radical (unpaired) electrons. The fourth-order valence-corrected chi connectivity index (χ4v) is 3.61. The lowest BCUT2D eigenvalue weighted by atomic mass is 10.1. The van der Waals surface area contributed by atoms with Crippen LogP contribution < -0.4 is 0 Å². The Balaban J connectivity index is 2.18. The van der Waals surface area contributed by atoms with Crippen molar-refractivity contribution in [3.05, 3.63) is 55.7 Å². The molecule has 0 bridgehead atoms. The van der Waals surface area contributed by atoms with Gasteiger partial charge >= 0.3 is 0 Å². The Morgan fingerprint density at radius 3 is 2.56 bits per heavy atom. The van der Waals surface area contributed by atoms with Crippen molar-refractivity contribution in [2.24, 2.45) is 0 Å². The van der Waals surface area contributed by atoms with Crippen LogP contribution >= 0.6 is 27.3 Å². The summed E-state index contributed by atoms with van der Waals surface area (Å²) in [7, 11) is 0. The molecule has 1 unspecified atom stereocenters. The van der Waals surface area contributed by atoms with Crippen LogP contribution in [0.25, 0.3) is 0 Å². The number of hydrogen-bond acceptors (Lipinski definition) is 2. The van der Waals surface area contributed by atoms with Crippen LogP contribution in [-0.4, -0.2) is 5.11 Å². The van der Waals surface area contributed by atoms with Gasteiger partial charge in [0.25, 0.3) is 0 Å². The third kappa shape index (κ3) is 2.96. The minimum absolute atomic E-state index is 0.260. The first-order valence-corrected chi connectivity index (χ1v) is 6.96. The Kier molecular flexibility index (Phi) is 4.14. The van der Waals surface area contributed by atoms with Gasteiger partial charge in [-0.3, -0.25) is 0 Å². The van der Waals surface area contributed by atoms with Crippen LogP contribution in [0.1, 0.15) is 21.4 Å². The molecular weight excluding hydrogens is 322 g/mol. The number of hydrogen-bond donors (Lipinski definition) is 1. The van der Waals surface area contributed by atoms with Gasteiger partial charge in [0.05, 0.1) is 6.10 Å². The van der Waals surface area contributed by atoms with Crippen LogP contribution in [0.3, 0.4) is 0 Å². The Bertz CT molecular complexity index is 568. The van der Waals surface area contributed by atoms with Gasteiger partial charge in [-0.25, -0.2) is 8.78 Å². The molecule has 0 aliphatic heterocycles. The summed E-state index contributed by atoms with van der Waals surface area (Å²) < 4.78 is 26.7. The van der Waals surface area contributed by atoms with Crippen molar-refractivity contribution >= 4 is 27.3 Å². The average molecular weight is 333 g/mol. The van der Waals surface area contributed by atoms with E-state index in [1.807, 2.05) is 13.0 Å². The lowest BCUT2D eigenvalue weighted by molar-refractivity contribution is 0.181. The summed E-state index contributed by atoms with van der Waals surface area (Å²) in [5.74, 6) is -1.76. The van der Waals surface area contributed by atoms with E-state index in [9.17, 15) is 13.9 Å². The highest BCUT2D eigenvalue weighted by molar-refractivity contribution is 9.10. The Morgan fingerprint density at radius 1 is 1.28 bits per heavy atom. The highest BCUT2D eigenvalue weighted by Crippen LogP contribution is 2.33. The third-order valence-electron chi connectivity index (χ3n) is 2.55. The largest absolute Gasteiger partial charge is 0.387 e. The summed E-state index contributed by atoms with van der Waals surface area (Å²) >= 11 is 4.86. The molecule has 96 valence electrons. The van der Waals surface area contributed by atoms with Crippen molar-refractivity contribution < 1.29 is 13.9 Å². The topological polar surface area (TPSA) is 20.2 Å². The Labute approximate surface area is 116 Å². The highest BCUT2D eigenvalue weighted by atomic mass is 79.9. The average Bonchev–Trinajstić information content (AvgIpc) is 2.63. The molecule has 0 saturated carbocycles. The van der Waals surface area contributed by atoms with E-state index in [4.69, 9.17) is 0 Å². The highest BCUT2D eigenvalue weighted by Gasteiger charge is 2.15. The van der Waals surface area contributed by atoms with Gasteiger partial charge in [0.2, 0.25) is 0 Å². The maximum absolute atomic E-state index is 13.1. The normalized spacial score (nSPS) is 12.7. The summed E-state index contributed by atoms with van der Waals surface area (Å²) in [5.41, 5.74) is 0.569. The number of aliphatic hydroxyl groups excluding tert-OH is 1. The number of aliphatic hydroxyl groups is 1. The summed E-state index contributed by atoms with van der Waals surface area (Å²) in [5, 5.41) is 10.1. The maximum Gasteiger partial charge on any atom is 0.159 e. The number of rotatable bonds is 3. The number of aryl methyl sites for hydroxylation is 1. The van der Waals surface area contributed by atoms with E-state index in [1.54, 1.807) is 0 Å². The SMILES string of the molecule is Cc1cc(Br)c(C(O)Cc2ccc(F)c(F)c2)s1. The summed E-state index contributed by atoms with van der Waals surface area (Å²) in [4.78, 5) is 1.89. The first-order chi connectivity index (χ1) is 8.47. The van der Waals surface area contributed by atoms with Crippen molar-refractivity contribution in [3.63, 3.8) is 0 Å². The van der Waals surface area contributed by atoms with Crippen molar-refractivity contribution in [1.29, 1.82) is 0 Å². The van der Waals surface area contributed by atoms with Crippen LogP contribution in [0.15, 0.2) is 28.7 Å². The first kappa shape index (κ1) is 13.6. The van der Waals surface area contributed by atoms with Crippen LogP contribution in [0.4, 0.5) is 8.78 Å². The molecule has 1 aromatic carbocycles. The molecule has 0 amide bonds. The molecule has 1 aromatic heterocycles. The molecule has 18 heavy (non-hydrogen) atoms. The second-order valence-electron chi connectivity index (χ2n) is 4.04. The molecule has 0 aliphatic carbocycles. The van der Waals surface area contributed by atoms with Gasteiger partial charge in [-0.05, 0) is 46.6 Å². The lowest BCUT2D eigenvalue weighted by Gasteiger charge is -2.09. The van der Waals surface area contributed by atoms with Gasteiger partial charge in [0, 0.05) is 20.6 Å². The molecule has 1 atom stereocenters. The first-order valence-electron chi connectivity index (χ1n) is 5.35. The monoisotopic (exact) mass is 332 g/mol. The minimum Gasteiger partial charge on any atom is -0.387 e. The van der Waals surface area contributed by atoms with E-state index >= 15 is 0 Å². The summed E-state index contributed by atoms with van der Waals surface area (Å²) in [6, 6.07) is 5.60. The molecule has 0 fully saturated rings.